The van der Waals surface area contributed by atoms with Gasteiger partial charge in [-0.2, -0.15) is 0 Å². The van der Waals surface area contributed by atoms with Crippen LogP contribution >= 0.6 is 0 Å². The predicted octanol–water partition coefficient (Wildman–Crippen LogP) is 1.08. The first-order valence-electron chi connectivity index (χ1n) is 6.60. The minimum atomic E-state index is 0.296. The molecule has 2 saturated heterocycles. The highest BCUT2D eigenvalue weighted by molar-refractivity contribution is 5.31. The van der Waals surface area contributed by atoms with Crippen molar-refractivity contribution in [2.75, 3.05) is 13.2 Å². The summed E-state index contributed by atoms with van der Waals surface area (Å²) in [4.78, 5) is 2.45. The molecule has 2 aliphatic rings. The van der Waals surface area contributed by atoms with Gasteiger partial charge in [0.25, 0.3) is 0 Å². The summed E-state index contributed by atoms with van der Waals surface area (Å²) in [5.41, 5.74) is 7.07. The Morgan fingerprint density at radius 1 is 1.22 bits per heavy atom. The first kappa shape index (κ1) is 12.0. The number of hydrogen-bond donors (Lipinski definition) is 2. The standard InChI is InChI=1S/C14H20N2O2/c15-11-5-12-8-18-9-13(6-11)16(12)7-10-3-1-2-4-14(10)17/h1-4,11-13,17H,5-9,15H2. The number of fused-ring (bicyclic) bond motifs is 2. The van der Waals surface area contributed by atoms with Crippen molar-refractivity contribution < 1.29 is 9.84 Å². The van der Waals surface area contributed by atoms with Crippen LogP contribution in [0.25, 0.3) is 0 Å². The van der Waals surface area contributed by atoms with Gasteiger partial charge in [0.1, 0.15) is 5.75 Å². The van der Waals surface area contributed by atoms with Crippen LogP contribution in [-0.2, 0) is 11.3 Å². The Bertz CT molecular complexity index is 410. The second-order valence-corrected chi connectivity index (χ2v) is 5.38. The number of morpholine rings is 1. The Kier molecular flexibility index (Phi) is 3.24. The first-order chi connectivity index (χ1) is 8.74. The topological polar surface area (TPSA) is 58.7 Å². The van der Waals surface area contributed by atoms with Crippen LogP contribution < -0.4 is 5.73 Å². The zero-order chi connectivity index (χ0) is 12.5. The lowest BCUT2D eigenvalue weighted by Crippen LogP contribution is -2.58. The molecule has 4 nitrogen and oxygen atoms in total. The summed E-state index contributed by atoms with van der Waals surface area (Å²) < 4.78 is 5.62. The number of aromatic hydroxyl groups is 1. The third-order valence-electron chi connectivity index (χ3n) is 4.05. The zero-order valence-electron chi connectivity index (χ0n) is 10.5. The van der Waals surface area contributed by atoms with Crippen LogP contribution in [0, 0.1) is 0 Å². The molecule has 0 spiro atoms. The minimum absolute atomic E-state index is 0.296. The number of ether oxygens (including phenoxy) is 1. The van der Waals surface area contributed by atoms with Gasteiger partial charge in [-0.25, -0.2) is 0 Å². The molecule has 98 valence electrons. The van der Waals surface area contributed by atoms with Gasteiger partial charge in [-0.3, -0.25) is 4.90 Å². The molecule has 2 unspecified atom stereocenters. The Morgan fingerprint density at radius 2 is 1.89 bits per heavy atom. The van der Waals surface area contributed by atoms with Crippen molar-refractivity contribution in [3.05, 3.63) is 29.8 Å². The fraction of sp³-hybridized carbons (Fsp3) is 0.571. The summed E-state index contributed by atoms with van der Waals surface area (Å²) in [6.07, 6.45) is 1.98. The number of hydrogen-bond acceptors (Lipinski definition) is 4. The van der Waals surface area contributed by atoms with E-state index in [1.54, 1.807) is 6.07 Å². The molecule has 4 heteroatoms. The molecule has 3 N–H and O–H groups in total. The van der Waals surface area contributed by atoms with Crippen LogP contribution in [0.15, 0.2) is 24.3 Å². The summed E-state index contributed by atoms with van der Waals surface area (Å²) in [5, 5.41) is 9.87. The number of piperidine rings is 1. The maximum atomic E-state index is 9.87. The smallest absolute Gasteiger partial charge is 0.120 e. The number of nitrogens with zero attached hydrogens (tertiary/aromatic N) is 1. The number of para-hydroxylation sites is 1. The molecule has 2 atom stereocenters. The van der Waals surface area contributed by atoms with E-state index in [0.717, 1.165) is 38.2 Å². The molecule has 3 rings (SSSR count). The lowest BCUT2D eigenvalue weighted by Gasteiger charge is -2.47. The summed E-state index contributed by atoms with van der Waals surface area (Å²) in [5.74, 6) is 0.381. The molecule has 0 radical (unpaired) electrons. The van der Waals surface area contributed by atoms with Crippen LogP contribution in [0.4, 0.5) is 0 Å². The van der Waals surface area contributed by atoms with Crippen molar-refractivity contribution >= 4 is 0 Å². The molecule has 0 aliphatic carbocycles. The molecule has 2 bridgehead atoms. The first-order valence-corrected chi connectivity index (χ1v) is 6.60. The number of nitrogens with two attached hydrogens (primary N) is 1. The van der Waals surface area contributed by atoms with Gasteiger partial charge in [0.2, 0.25) is 0 Å². The third kappa shape index (κ3) is 2.23. The Labute approximate surface area is 107 Å². The van der Waals surface area contributed by atoms with Gasteiger partial charge in [0.05, 0.1) is 13.2 Å². The van der Waals surface area contributed by atoms with E-state index in [4.69, 9.17) is 10.5 Å². The van der Waals surface area contributed by atoms with Crippen molar-refractivity contribution in [2.24, 2.45) is 5.73 Å². The molecule has 1 aromatic carbocycles. The monoisotopic (exact) mass is 248 g/mol. The molecular weight excluding hydrogens is 228 g/mol. The molecule has 2 fully saturated rings. The van der Waals surface area contributed by atoms with Crippen LogP contribution in [0.1, 0.15) is 18.4 Å². The summed E-state index contributed by atoms with van der Waals surface area (Å²) in [6.45, 7) is 2.31. The van der Waals surface area contributed by atoms with Gasteiger partial charge in [-0.05, 0) is 18.9 Å². The second kappa shape index (κ2) is 4.88. The van der Waals surface area contributed by atoms with Crippen LogP contribution in [0.3, 0.4) is 0 Å². The highest BCUT2D eigenvalue weighted by Crippen LogP contribution is 2.30. The van der Waals surface area contributed by atoms with Crippen molar-refractivity contribution in [3.8, 4) is 5.75 Å². The quantitative estimate of drug-likeness (QED) is 0.822. The van der Waals surface area contributed by atoms with Crippen molar-refractivity contribution in [1.82, 2.24) is 4.90 Å². The van der Waals surface area contributed by atoms with E-state index in [2.05, 4.69) is 4.90 Å². The van der Waals surface area contributed by atoms with E-state index in [9.17, 15) is 5.11 Å². The molecule has 0 aromatic heterocycles. The van der Waals surface area contributed by atoms with Gasteiger partial charge in [-0.1, -0.05) is 18.2 Å². The van der Waals surface area contributed by atoms with E-state index < -0.39 is 0 Å². The third-order valence-corrected chi connectivity index (χ3v) is 4.05. The van der Waals surface area contributed by atoms with Gasteiger partial charge in [-0.15, -0.1) is 0 Å². The van der Waals surface area contributed by atoms with E-state index in [1.165, 1.54) is 0 Å². The van der Waals surface area contributed by atoms with E-state index in [0.29, 0.717) is 23.9 Å². The maximum Gasteiger partial charge on any atom is 0.120 e. The molecule has 0 saturated carbocycles. The molecule has 18 heavy (non-hydrogen) atoms. The lowest BCUT2D eigenvalue weighted by atomic mass is 9.90. The molecule has 2 aliphatic heterocycles. The van der Waals surface area contributed by atoms with Crippen molar-refractivity contribution in [3.63, 3.8) is 0 Å². The fourth-order valence-electron chi connectivity index (χ4n) is 3.13. The average molecular weight is 248 g/mol. The minimum Gasteiger partial charge on any atom is -0.508 e. The summed E-state index contributed by atoms with van der Waals surface area (Å²) in [6, 6.07) is 8.65. The number of benzene rings is 1. The SMILES string of the molecule is NC1CC2COCC(C1)N2Cc1ccccc1O. The van der Waals surface area contributed by atoms with Crippen LogP contribution in [0.5, 0.6) is 5.75 Å². The zero-order valence-corrected chi connectivity index (χ0v) is 10.5. The predicted molar refractivity (Wildman–Crippen MR) is 69.3 cm³/mol. The van der Waals surface area contributed by atoms with E-state index >= 15 is 0 Å². The second-order valence-electron chi connectivity index (χ2n) is 5.38. The number of phenols is 1. The summed E-state index contributed by atoms with van der Waals surface area (Å²) >= 11 is 0. The van der Waals surface area contributed by atoms with Gasteiger partial charge in [0, 0.05) is 30.2 Å². The largest absolute Gasteiger partial charge is 0.508 e. The van der Waals surface area contributed by atoms with Gasteiger partial charge in [0.15, 0.2) is 0 Å². The number of phenolic OH excluding ortho intramolecular Hbond substituents is 1. The van der Waals surface area contributed by atoms with Crippen LogP contribution in [0.2, 0.25) is 0 Å². The fourth-order valence-corrected chi connectivity index (χ4v) is 3.13. The molecule has 1 aromatic rings. The maximum absolute atomic E-state index is 9.87. The lowest BCUT2D eigenvalue weighted by molar-refractivity contribution is -0.0821. The molecule has 0 amide bonds. The van der Waals surface area contributed by atoms with Crippen molar-refractivity contribution in [2.45, 2.75) is 37.5 Å². The number of rotatable bonds is 2. The van der Waals surface area contributed by atoms with Gasteiger partial charge < -0.3 is 15.6 Å². The van der Waals surface area contributed by atoms with Gasteiger partial charge >= 0.3 is 0 Å². The van der Waals surface area contributed by atoms with E-state index in [-0.39, 0.29) is 0 Å². The Hall–Kier alpha value is -1.10. The highest BCUT2D eigenvalue weighted by Gasteiger charge is 2.37. The van der Waals surface area contributed by atoms with Crippen molar-refractivity contribution in [1.29, 1.82) is 0 Å². The van der Waals surface area contributed by atoms with Crippen LogP contribution in [-0.4, -0.2) is 41.3 Å². The Morgan fingerprint density at radius 3 is 2.56 bits per heavy atom. The summed E-state index contributed by atoms with van der Waals surface area (Å²) in [7, 11) is 0. The normalized spacial score (nSPS) is 32.4. The molecular formula is C14H20N2O2. The highest BCUT2D eigenvalue weighted by atomic mass is 16.5. The average Bonchev–Trinajstić information content (AvgIpc) is 2.33. The Balaban J connectivity index is 1.78. The molecule has 2 heterocycles. The van der Waals surface area contributed by atoms with E-state index in [1.807, 2.05) is 18.2 Å².